The average Bonchev–Trinajstić information content (AvgIpc) is 3.12. The number of thioether (sulfide) groups is 1. The highest BCUT2D eigenvalue weighted by Gasteiger charge is 2.34. The first-order valence-corrected chi connectivity index (χ1v) is 13.1. The molecule has 0 aliphatic carbocycles. The zero-order valence-corrected chi connectivity index (χ0v) is 22.7. The highest BCUT2D eigenvalue weighted by Crippen LogP contribution is 2.34. The van der Waals surface area contributed by atoms with Crippen LogP contribution in [0.1, 0.15) is 16.7 Å². The van der Waals surface area contributed by atoms with Crippen molar-refractivity contribution in [3.63, 3.8) is 0 Å². The summed E-state index contributed by atoms with van der Waals surface area (Å²) in [5, 5.41) is 2.47. The Balaban J connectivity index is 1.31. The van der Waals surface area contributed by atoms with Crippen LogP contribution in [0.15, 0.2) is 76.1 Å². The predicted molar refractivity (Wildman–Crippen MR) is 149 cm³/mol. The molecule has 3 amide bonds. The minimum absolute atomic E-state index is 0.157. The van der Waals surface area contributed by atoms with Crippen LogP contribution in [0.5, 0.6) is 11.5 Å². The zero-order valence-electron chi connectivity index (χ0n) is 20.3. The lowest BCUT2D eigenvalue weighted by Gasteiger charge is -2.13. The summed E-state index contributed by atoms with van der Waals surface area (Å²) < 4.78 is 11.9. The van der Waals surface area contributed by atoms with Gasteiger partial charge >= 0.3 is 0 Å². The topological polar surface area (TPSA) is 84.9 Å². The summed E-state index contributed by atoms with van der Waals surface area (Å²) in [6, 6.07) is 20.3. The number of imide groups is 1. The van der Waals surface area contributed by atoms with Gasteiger partial charge in [-0.1, -0.05) is 35.9 Å². The van der Waals surface area contributed by atoms with Gasteiger partial charge in [-0.15, -0.1) is 0 Å². The Morgan fingerprint density at radius 2 is 1.78 bits per heavy atom. The molecule has 190 valence electrons. The van der Waals surface area contributed by atoms with Crippen LogP contribution in [0.3, 0.4) is 0 Å². The lowest BCUT2D eigenvalue weighted by molar-refractivity contribution is -0.123. The molecule has 1 fully saturated rings. The number of rotatable bonds is 9. The van der Waals surface area contributed by atoms with Crippen LogP contribution in [0.2, 0.25) is 0 Å². The number of nitrogens with zero attached hydrogens (tertiary/aromatic N) is 1. The number of amides is 3. The van der Waals surface area contributed by atoms with Crippen LogP contribution >= 0.6 is 27.7 Å². The fraction of sp³-hybridized carbons (Fsp3) is 0.179. The fourth-order valence-corrected chi connectivity index (χ4v) is 4.90. The molecule has 0 bridgehead atoms. The number of ether oxygens (including phenoxy) is 2. The maximum atomic E-state index is 12.8. The van der Waals surface area contributed by atoms with Gasteiger partial charge in [0, 0.05) is 5.69 Å². The van der Waals surface area contributed by atoms with Crippen LogP contribution in [0.4, 0.5) is 10.5 Å². The van der Waals surface area contributed by atoms with Crippen molar-refractivity contribution in [1.29, 1.82) is 0 Å². The van der Waals surface area contributed by atoms with Crippen molar-refractivity contribution < 1.29 is 23.9 Å². The number of nitrogens with one attached hydrogen (secondary N) is 1. The van der Waals surface area contributed by atoms with E-state index in [0.29, 0.717) is 32.1 Å². The van der Waals surface area contributed by atoms with Gasteiger partial charge < -0.3 is 14.8 Å². The van der Waals surface area contributed by atoms with Crippen LogP contribution < -0.4 is 14.8 Å². The Bertz CT molecular complexity index is 1360. The van der Waals surface area contributed by atoms with Crippen molar-refractivity contribution in [2.75, 3.05) is 25.1 Å². The minimum Gasteiger partial charge on any atom is -0.492 e. The molecule has 0 saturated carbocycles. The van der Waals surface area contributed by atoms with Gasteiger partial charge in [-0.2, -0.15) is 0 Å². The Morgan fingerprint density at radius 3 is 2.51 bits per heavy atom. The normalized spacial score (nSPS) is 14.2. The Hall–Kier alpha value is -3.56. The van der Waals surface area contributed by atoms with E-state index in [2.05, 4.69) is 21.2 Å². The average molecular weight is 581 g/mol. The molecule has 1 heterocycles. The fourth-order valence-electron chi connectivity index (χ4n) is 3.52. The smallest absolute Gasteiger partial charge is 0.293 e. The zero-order chi connectivity index (χ0) is 26.4. The van der Waals surface area contributed by atoms with E-state index in [1.165, 1.54) is 4.90 Å². The molecule has 0 aromatic heterocycles. The number of aryl methyl sites for hydroxylation is 2. The van der Waals surface area contributed by atoms with Crippen molar-refractivity contribution in [1.82, 2.24) is 4.90 Å². The molecule has 7 nitrogen and oxygen atoms in total. The van der Waals surface area contributed by atoms with E-state index in [-0.39, 0.29) is 36.8 Å². The van der Waals surface area contributed by atoms with Crippen LogP contribution in [-0.2, 0) is 9.59 Å². The molecule has 37 heavy (non-hydrogen) atoms. The first-order valence-electron chi connectivity index (χ1n) is 11.5. The number of benzene rings is 3. The molecule has 4 rings (SSSR count). The highest BCUT2D eigenvalue weighted by atomic mass is 79.9. The number of carbonyl (C=O) groups is 3. The minimum atomic E-state index is -0.355. The summed E-state index contributed by atoms with van der Waals surface area (Å²) in [5.74, 6) is 0.541. The van der Waals surface area contributed by atoms with E-state index >= 15 is 0 Å². The van der Waals surface area contributed by atoms with E-state index in [0.717, 1.165) is 22.9 Å². The quantitative estimate of drug-likeness (QED) is 0.303. The molecule has 3 aromatic carbocycles. The summed E-state index contributed by atoms with van der Waals surface area (Å²) >= 11 is 4.35. The maximum Gasteiger partial charge on any atom is 0.293 e. The lowest BCUT2D eigenvalue weighted by atomic mass is 10.2. The van der Waals surface area contributed by atoms with Gasteiger partial charge in [-0.25, -0.2) is 0 Å². The van der Waals surface area contributed by atoms with Crippen molar-refractivity contribution >= 4 is 56.5 Å². The van der Waals surface area contributed by atoms with E-state index in [1.54, 1.807) is 24.3 Å². The Morgan fingerprint density at radius 1 is 1.00 bits per heavy atom. The number of halogens is 1. The first-order chi connectivity index (χ1) is 17.8. The van der Waals surface area contributed by atoms with Crippen LogP contribution in [0, 0.1) is 13.8 Å². The Kier molecular flexibility index (Phi) is 8.68. The van der Waals surface area contributed by atoms with Gasteiger partial charge in [-0.3, -0.25) is 19.3 Å². The number of hydrogen-bond acceptors (Lipinski definition) is 6. The summed E-state index contributed by atoms with van der Waals surface area (Å²) in [4.78, 5) is 38.9. The molecule has 1 saturated heterocycles. The van der Waals surface area contributed by atoms with Gasteiger partial charge in [0.15, 0.2) is 6.61 Å². The van der Waals surface area contributed by atoms with Gasteiger partial charge in [0.2, 0.25) is 0 Å². The van der Waals surface area contributed by atoms with E-state index < -0.39 is 0 Å². The number of anilines is 1. The molecule has 9 heteroatoms. The third kappa shape index (κ3) is 7.24. The van der Waals surface area contributed by atoms with Gasteiger partial charge in [0.1, 0.15) is 18.1 Å². The highest BCUT2D eigenvalue weighted by molar-refractivity contribution is 9.10. The maximum absolute atomic E-state index is 12.8. The number of hydrogen-bond donors (Lipinski definition) is 1. The molecule has 0 unspecified atom stereocenters. The van der Waals surface area contributed by atoms with Crippen LogP contribution in [0.25, 0.3) is 6.08 Å². The van der Waals surface area contributed by atoms with Gasteiger partial charge in [-0.05, 0) is 95.1 Å². The lowest BCUT2D eigenvalue weighted by Crippen LogP contribution is -2.32. The number of carbonyl (C=O) groups excluding carboxylic acids is 3. The van der Waals surface area contributed by atoms with Crippen molar-refractivity contribution in [3.8, 4) is 11.5 Å². The summed E-state index contributed by atoms with van der Waals surface area (Å²) in [6.45, 7) is 4.16. The van der Waals surface area contributed by atoms with E-state index in [9.17, 15) is 14.4 Å². The molecule has 3 aromatic rings. The van der Waals surface area contributed by atoms with Crippen molar-refractivity contribution in [2.45, 2.75) is 13.8 Å². The Labute approximate surface area is 228 Å². The third-order valence-electron chi connectivity index (χ3n) is 5.39. The summed E-state index contributed by atoms with van der Waals surface area (Å²) in [7, 11) is 0. The summed E-state index contributed by atoms with van der Waals surface area (Å²) in [6.07, 6.45) is 1.66. The van der Waals surface area contributed by atoms with Crippen molar-refractivity contribution in [3.05, 3.63) is 92.8 Å². The molecule has 0 spiro atoms. The molecular weight excluding hydrogens is 556 g/mol. The molecule has 0 radical (unpaired) electrons. The molecule has 0 atom stereocenters. The standard InChI is InChI=1S/C28H25BrN2O5S/c1-18-6-9-22(10-7-18)35-13-12-31-27(33)25(37-28(31)34)16-20-8-11-24(23(29)15-20)36-17-26(32)30-21-5-3-4-19(2)14-21/h3-11,14-16H,12-13,17H2,1-2H3,(H,30,32)/b25-16-. The second kappa shape index (κ2) is 12.1. The largest absolute Gasteiger partial charge is 0.492 e. The van der Waals surface area contributed by atoms with Crippen LogP contribution in [-0.4, -0.2) is 41.7 Å². The molecule has 1 aliphatic heterocycles. The first kappa shape index (κ1) is 26.5. The van der Waals surface area contributed by atoms with Crippen molar-refractivity contribution in [2.24, 2.45) is 0 Å². The van der Waals surface area contributed by atoms with Gasteiger partial charge in [0.05, 0.1) is 15.9 Å². The molecule has 1 aliphatic rings. The second-order valence-corrected chi connectivity index (χ2v) is 10.2. The van der Waals surface area contributed by atoms with E-state index in [1.807, 2.05) is 62.4 Å². The molecule has 1 N–H and O–H groups in total. The van der Waals surface area contributed by atoms with Gasteiger partial charge in [0.25, 0.3) is 17.1 Å². The SMILES string of the molecule is Cc1ccc(OCCN2C(=O)S/C(=C\c3ccc(OCC(=O)Nc4cccc(C)c4)c(Br)c3)C2=O)cc1. The molecular formula is C28H25BrN2O5S. The second-order valence-electron chi connectivity index (χ2n) is 8.39. The summed E-state index contributed by atoms with van der Waals surface area (Å²) in [5.41, 5.74) is 3.59. The predicted octanol–water partition coefficient (Wildman–Crippen LogP) is 6.20. The van der Waals surface area contributed by atoms with E-state index in [4.69, 9.17) is 9.47 Å². The third-order valence-corrected chi connectivity index (χ3v) is 6.92. The monoisotopic (exact) mass is 580 g/mol.